The molecule has 0 bridgehead atoms. The molecule has 2 rings (SSSR count). The molecule has 0 spiro atoms. The van der Waals surface area contributed by atoms with Gasteiger partial charge in [-0.05, 0) is 54.3 Å². The Morgan fingerprint density at radius 3 is 1.94 bits per heavy atom. The van der Waals surface area contributed by atoms with Gasteiger partial charge in [-0.25, -0.2) is 13.1 Å². The van der Waals surface area contributed by atoms with Crippen LogP contribution in [0, 0.1) is 17.6 Å². The second-order valence-corrected chi connectivity index (χ2v) is 11.1. The Morgan fingerprint density at radius 2 is 1.47 bits per heavy atom. The van der Waals surface area contributed by atoms with E-state index in [4.69, 9.17) is 0 Å². The Kier molecular flexibility index (Phi) is 10.4. The summed E-state index contributed by atoms with van der Waals surface area (Å²) in [4.78, 5) is 28.0. The van der Waals surface area contributed by atoms with Crippen LogP contribution in [0.2, 0.25) is 0 Å². The molecule has 1 unspecified atom stereocenters. The smallest absolute Gasteiger partial charge is 0.304 e. The minimum absolute atomic E-state index is 0.0357. The van der Waals surface area contributed by atoms with Crippen LogP contribution in [-0.2, 0) is 26.3 Å². The van der Waals surface area contributed by atoms with Gasteiger partial charge in [-0.2, -0.15) is 12.7 Å². The van der Waals surface area contributed by atoms with Gasteiger partial charge in [-0.1, -0.05) is 32.9 Å². The van der Waals surface area contributed by atoms with Crippen molar-refractivity contribution in [1.29, 1.82) is 0 Å². The largest absolute Gasteiger partial charge is 0.354 e. The highest BCUT2D eigenvalue weighted by molar-refractivity contribution is 7.90. The van der Waals surface area contributed by atoms with E-state index in [1.54, 1.807) is 6.92 Å². The van der Waals surface area contributed by atoms with Gasteiger partial charge in [0.1, 0.15) is 24.2 Å². The third kappa shape index (κ3) is 7.72. The molecule has 0 saturated heterocycles. The predicted molar refractivity (Wildman–Crippen MR) is 135 cm³/mol. The highest BCUT2D eigenvalue weighted by Gasteiger charge is 2.33. The first kappa shape index (κ1) is 29.2. The lowest BCUT2D eigenvalue weighted by molar-refractivity contribution is -0.140. The van der Waals surface area contributed by atoms with Gasteiger partial charge in [0.05, 0.1) is 5.69 Å². The van der Waals surface area contributed by atoms with Crippen LogP contribution in [0.1, 0.15) is 32.8 Å². The molecule has 0 radical (unpaired) electrons. The van der Waals surface area contributed by atoms with Gasteiger partial charge < -0.3 is 10.2 Å². The fourth-order valence-corrected chi connectivity index (χ4v) is 4.51. The first-order valence-electron chi connectivity index (χ1n) is 11.6. The maximum Gasteiger partial charge on any atom is 0.304 e. The number of nitrogens with zero attached hydrogens (tertiary/aromatic N) is 3. The summed E-state index contributed by atoms with van der Waals surface area (Å²) in [6.45, 7) is 5.38. The Labute approximate surface area is 212 Å². The second-order valence-electron chi connectivity index (χ2n) is 8.98. The first-order chi connectivity index (χ1) is 16.9. The van der Waals surface area contributed by atoms with E-state index in [0.717, 1.165) is 20.7 Å². The Balaban J connectivity index is 2.46. The molecule has 0 aliphatic heterocycles. The van der Waals surface area contributed by atoms with Gasteiger partial charge in [0.25, 0.3) is 0 Å². The predicted octanol–water partition coefficient (Wildman–Crippen LogP) is 3.16. The molecule has 1 atom stereocenters. The number of halogens is 2. The highest BCUT2D eigenvalue weighted by atomic mass is 32.2. The van der Waals surface area contributed by atoms with E-state index in [2.05, 4.69) is 5.32 Å². The van der Waals surface area contributed by atoms with Gasteiger partial charge in [-0.3, -0.25) is 9.59 Å². The maximum absolute atomic E-state index is 13.7. The fraction of sp³-hybridized carbons (Fsp3) is 0.440. The number of nitrogens with one attached hydrogen (secondary N) is 1. The molecule has 0 saturated carbocycles. The van der Waals surface area contributed by atoms with Gasteiger partial charge in [0.2, 0.25) is 11.8 Å². The Bertz CT molecular complexity index is 1120. The molecule has 0 aromatic heterocycles. The SMILES string of the molecule is CCC(C(=O)NCC(C)C)N(Cc1ccc(F)cc1)C(=O)CN(c1ccc(F)cc1)S(=O)(=O)N(C)C. The minimum Gasteiger partial charge on any atom is -0.354 e. The molecule has 0 fully saturated rings. The van der Waals surface area contributed by atoms with Crippen molar-refractivity contribution in [3.8, 4) is 0 Å². The molecule has 0 aliphatic carbocycles. The number of hydrogen-bond acceptors (Lipinski definition) is 4. The average molecular weight is 525 g/mol. The molecule has 36 heavy (non-hydrogen) atoms. The van der Waals surface area contributed by atoms with Crippen LogP contribution in [0.3, 0.4) is 0 Å². The highest BCUT2D eigenvalue weighted by Crippen LogP contribution is 2.22. The molecular weight excluding hydrogens is 490 g/mol. The maximum atomic E-state index is 13.7. The van der Waals surface area contributed by atoms with Crippen LogP contribution < -0.4 is 9.62 Å². The molecule has 198 valence electrons. The topological polar surface area (TPSA) is 90.0 Å². The van der Waals surface area contributed by atoms with E-state index >= 15 is 0 Å². The molecule has 2 aromatic rings. The lowest BCUT2D eigenvalue weighted by Gasteiger charge is -2.34. The summed E-state index contributed by atoms with van der Waals surface area (Å²) in [5.74, 6) is -1.83. The van der Waals surface area contributed by atoms with E-state index in [1.165, 1.54) is 55.4 Å². The molecule has 8 nitrogen and oxygen atoms in total. The van der Waals surface area contributed by atoms with Crippen molar-refractivity contribution in [3.05, 3.63) is 65.7 Å². The molecular formula is C25H34F2N4O4S. The summed E-state index contributed by atoms with van der Waals surface area (Å²) >= 11 is 0. The molecule has 2 amide bonds. The summed E-state index contributed by atoms with van der Waals surface area (Å²) < 4.78 is 55.0. The fourth-order valence-electron chi connectivity index (χ4n) is 3.45. The van der Waals surface area contributed by atoms with E-state index in [1.807, 2.05) is 13.8 Å². The minimum atomic E-state index is -4.14. The lowest BCUT2D eigenvalue weighted by Crippen LogP contribution is -2.53. The molecule has 11 heteroatoms. The zero-order chi connectivity index (χ0) is 27.0. The molecule has 0 aliphatic rings. The van der Waals surface area contributed by atoms with Crippen molar-refractivity contribution >= 4 is 27.7 Å². The van der Waals surface area contributed by atoms with E-state index in [-0.39, 0.29) is 30.5 Å². The normalized spacial score (nSPS) is 12.5. The lowest BCUT2D eigenvalue weighted by atomic mass is 10.1. The zero-order valence-corrected chi connectivity index (χ0v) is 22.1. The van der Waals surface area contributed by atoms with E-state index in [9.17, 15) is 26.8 Å². The number of rotatable bonds is 12. The van der Waals surface area contributed by atoms with Crippen molar-refractivity contribution in [2.24, 2.45) is 5.92 Å². The van der Waals surface area contributed by atoms with Crippen LogP contribution in [0.25, 0.3) is 0 Å². The van der Waals surface area contributed by atoms with Crippen LogP contribution in [-0.4, -0.2) is 62.7 Å². The van der Waals surface area contributed by atoms with Crippen molar-refractivity contribution in [1.82, 2.24) is 14.5 Å². The van der Waals surface area contributed by atoms with Crippen LogP contribution in [0.4, 0.5) is 14.5 Å². The summed E-state index contributed by atoms with van der Waals surface area (Å²) in [5.41, 5.74) is 0.668. The Morgan fingerprint density at radius 1 is 0.944 bits per heavy atom. The number of anilines is 1. The number of carbonyl (C=O) groups excluding carboxylic acids is 2. The van der Waals surface area contributed by atoms with Crippen LogP contribution >= 0.6 is 0 Å². The number of hydrogen-bond donors (Lipinski definition) is 1. The third-order valence-electron chi connectivity index (χ3n) is 5.47. The molecule has 1 N–H and O–H groups in total. The summed E-state index contributed by atoms with van der Waals surface area (Å²) in [6.07, 6.45) is 0.272. The number of carbonyl (C=O) groups is 2. The molecule has 0 heterocycles. The van der Waals surface area contributed by atoms with Crippen LogP contribution in [0.15, 0.2) is 48.5 Å². The van der Waals surface area contributed by atoms with E-state index in [0.29, 0.717) is 12.1 Å². The summed E-state index contributed by atoms with van der Waals surface area (Å²) in [7, 11) is -1.50. The standard InChI is InChI=1S/C25H34F2N4O4S/c1-6-23(25(33)28-15-18(2)3)30(16-19-7-9-20(26)10-8-19)24(32)17-31(36(34,35)29(4)5)22-13-11-21(27)12-14-22/h7-14,18,23H,6,15-17H2,1-5H3,(H,28,33). The average Bonchev–Trinajstić information content (AvgIpc) is 2.82. The monoisotopic (exact) mass is 524 g/mol. The van der Waals surface area contributed by atoms with Crippen molar-refractivity contribution in [2.45, 2.75) is 39.8 Å². The van der Waals surface area contributed by atoms with Crippen molar-refractivity contribution in [2.75, 3.05) is 31.5 Å². The zero-order valence-electron chi connectivity index (χ0n) is 21.2. The van der Waals surface area contributed by atoms with Crippen LogP contribution in [0.5, 0.6) is 0 Å². The van der Waals surface area contributed by atoms with Gasteiger partial charge in [0.15, 0.2) is 0 Å². The number of amides is 2. The Hall–Kier alpha value is -3.05. The van der Waals surface area contributed by atoms with Crippen molar-refractivity contribution < 1.29 is 26.8 Å². The second kappa shape index (κ2) is 12.8. The first-order valence-corrected chi connectivity index (χ1v) is 13.0. The van der Waals surface area contributed by atoms with Gasteiger partial charge >= 0.3 is 10.2 Å². The quantitative estimate of drug-likeness (QED) is 0.462. The van der Waals surface area contributed by atoms with E-state index < -0.39 is 40.3 Å². The van der Waals surface area contributed by atoms with Crippen molar-refractivity contribution in [3.63, 3.8) is 0 Å². The third-order valence-corrected chi connectivity index (χ3v) is 7.29. The number of benzene rings is 2. The molecule has 2 aromatic carbocycles. The summed E-state index contributed by atoms with van der Waals surface area (Å²) in [6, 6.07) is 9.34. The summed E-state index contributed by atoms with van der Waals surface area (Å²) in [5, 5.41) is 2.83. The van der Waals surface area contributed by atoms with Gasteiger partial charge in [0, 0.05) is 27.2 Å². The van der Waals surface area contributed by atoms with Gasteiger partial charge in [-0.15, -0.1) is 0 Å².